The molecule has 0 radical (unpaired) electrons. The summed E-state index contributed by atoms with van der Waals surface area (Å²) >= 11 is 0. The summed E-state index contributed by atoms with van der Waals surface area (Å²) in [6.45, 7) is 15.4. The van der Waals surface area contributed by atoms with Crippen LogP contribution in [0.4, 0.5) is 0 Å². The predicted molar refractivity (Wildman–Crippen MR) is 256 cm³/mol. The molecule has 0 aliphatic heterocycles. The van der Waals surface area contributed by atoms with Gasteiger partial charge in [0.1, 0.15) is 13.2 Å². The maximum absolute atomic E-state index is 10.6. The van der Waals surface area contributed by atoms with Gasteiger partial charge in [0.05, 0.1) is 24.4 Å². The van der Waals surface area contributed by atoms with E-state index in [0.29, 0.717) is 18.3 Å². The SMILES string of the molecule is C#CCCCCCCCCCCCC(O)CC(O)COC(C)=O.C=CCCCCCCCCCCCC(O)CC(O)COC(C)=O.CC1=CCCC(C)=CCC(C)(C)C=CC1. The van der Waals surface area contributed by atoms with Crippen LogP contribution in [0, 0.1) is 17.8 Å². The number of esters is 2. The molecule has 0 aromatic carbocycles. The zero-order chi connectivity index (χ0) is 46.0. The summed E-state index contributed by atoms with van der Waals surface area (Å²) in [6.07, 6.45) is 44.7. The Morgan fingerprint density at radius 2 is 1.11 bits per heavy atom. The van der Waals surface area contributed by atoms with E-state index in [9.17, 15) is 30.0 Å². The fourth-order valence-corrected chi connectivity index (χ4v) is 6.98. The second-order valence-electron chi connectivity index (χ2n) is 18.1. The van der Waals surface area contributed by atoms with E-state index in [-0.39, 0.29) is 26.1 Å². The molecule has 0 aromatic heterocycles. The first-order chi connectivity index (χ1) is 29.1. The lowest BCUT2D eigenvalue weighted by Crippen LogP contribution is -2.23. The molecule has 0 spiro atoms. The Morgan fingerprint density at radius 3 is 1.54 bits per heavy atom. The van der Waals surface area contributed by atoms with Gasteiger partial charge in [-0.15, -0.1) is 18.9 Å². The summed E-state index contributed by atoms with van der Waals surface area (Å²) in [4.78, 5) is 21.2. The molecule has 1 rings (SSSR count). The van der Waals surface area contributed by atoms with E-state index in [1.54, 1.807) is 0 Å². The van der Waals surface area contributed by atoms with Crippen molar-refractivity contribution in [1.29, 1.82) is 0 Å². The van der Waals surface area contributed by atoms with Crippen LogP contribution in [0.2, 0.25) is 0 Å². The first-order valence-electron chi connectivity index (χ1n) is 24.1. The quantitative estimate of drug-likeness (QED) is 0.0234. The van der Waals surface area contributed by atoms with E-state index in [1.807, 2.05) is 6.08 Å². The number of carbonyl (C=O) groups is 2. The first-order valence-corrected chi connectivity index (χ1v) is 24.1. The molecule has 0 saturated carbocycles. The first kappa shape index (κ1) is 60.4. The van der Waals surface area contributed by atoms with Crippen LogP contribution in [0.15, 0.2) is 48.1 Å². The van der Waals surface area contributed by atoms with Gasteiger partial charge in [0, 0.05) is 33.1 Å². The molecule has 0 amide bonds. The number of carbonyl (C=O) groups excluding carboxylic acids is 2. The summed E-state index contributed by atoms with van der Waals surface area (Å²) in [5.74, 6) is 1.86. The number of hydrogen-bond donors (Lipinski definition) is 4. The molecule has 8 heteroatoms. The highest BCUT2D eigenvalue weighted by Gasteiger charge is 2.15. The van der Waals surface area contributed by atoms with Crippen LogP contribution >= 0.6 is 0 Å². The lowest BCUT2D eigenvalue weighted by molar-refractivity contribution is -0.145. The minimum atomic E-state index is -0.775. The smallest absolute Gasteiger partial charge is 0.302 e. The van der Waals surface area contributed by atoms with E-state index in [2.05, 4.69) is 64.5 Å². The van der Waals surface area contributed by atoms with E-state index < -0.39 is 36.4 Å². The summed E-state index contributed by atoms with van der Waals surface area (Å²) in [7, 11) is 0. The van der Waals surface area contributed by atoms with Crippen LogP contribution in [0.1, 0.15) is 221 Å². The zero-order valence-corrected chi connectivity index (χ0v) is 40.1. The average molecular weight is 859 g/mol. The Labute approximate surface area is 375 Å². The lowest BCUT2D eigenvalue weighted by atomic mass is 9.87. The van der Waals surface area contributed by atoms with Gasteiger partial charge in [0.25, 0.3) is 0 Å². The van der Waals surface area contributed by atoms with Crippen molar-refractivity contribution in [3.8, 4) is 12.3 Å². The molecule has 4 unspecified atom stereocenters. The third kappa shape index (κ3) is 48.2. The van der Waals surface area contributed by atoms with Gasteiger partial charge >= 0.3 is 11.9 Å². The van der Waals surface area contributed by atoms with Gasteiger partial charge in [-0.1, -0.05) is 158 Å². The molecule has 354 valence electrons. The van der Waals surface area contributed by atoms with Crippen LogP contribution in [0.5, 0.6) is 0 Å². The minimum Gasteiger partial charge on any atom is -0.463 e. The molecule has 0 aromatic rings. The molecule has 1 aliphatic carbocycles. The van der Waals surface area contributed by atoms with Crippen LogP contribution in [0.3, 0.4) is 0 Å². The number of rotatable bonds is 31. The topological polar surface area (TPSA) is 134 Å². The van der Waals surface area contributed by atoms with E-state index in [1.165, 1.54) is 121 Å². The summed E-state index contributed by atoms with van der Waals surface area (Å²) in [5.41, 5.74) is 3.34. The number of hydrogen-bond acceptors (Lipinski definition) is 8. The van der Waals surface area contributed by atoms with Crippen LogP contribution in [-0.4, -0.2) is 70.0 Å². The van der Waals surface area contributed by atoms with Crippen molar-refractivity contribution in [1.82, 2.24) is 0 Å². The third-order valence-electron chi connectivity index (χ3n) is 10.9. The van der Waals surface area contributed by atoms with Gasteiger partial charge in [-0.25, -0.2) is 0 Å². The number of aliphatic hydroxyl groups excluding tert-OH is 4. The Bertz CT molecular complexity index is 1200. The number of unbranched alkanes of at least 4 members (excludes halogenated alkanes) is 18. The molecule has 61 heavy (non-hydrogen) atoms. The van der Waals surface area contributed by atoms with Gasteiger partial charge in [-0.3, -0.25) is 9.59 Å². The standard InChI is InChI=1S/C19H36O4.C19H34O4.C15H24/c2*1-3-4-5-6-7-8-9-10-11-12-13-14-18(21)15-19(22)16-23-17(2)20;1-13-7-5-8-14(2)10-12-15(3,4)11-6-9-13/h3,18-19,21-22H,1,4-16H2,2H3;1,18-19,21-22H,4-16H2,2H3;6-7,10-11H,5,8-9,12H2,1-4H3. The van der Waals surface area contributed by atoms with E-state index in [4.69, 9.17) is 15.9 Å². The molecule has 4 N–H and O–H groups in total. The normalized spacial score (nSPS) is 15.7. The van der Waals surface area contributed by atoms with Crippen molar-refractivity contribution in [2.24, 2.45) is 5.41 Å². The van der Waals surface area contributed by atoms with Crippen molar-refractivity contribution < 1.29 is 39.5 Å². The predicted octanol–water partition coefficient (Wildman–Crippen LogP) is 12.8. The fourth-order valence-electron chi connectivity index (χ4n) is 6.98. The Hall–Kier alpha value is -2.70. The largest absolute Gasteiger partial charge is 0.463 e. The Balaban J connectivity index is 0. The molecule has 4 atom stereocenters. The zero-order valence-electron chi connectivity index (χ0n) is 40.1. The molecule has 0 fully saturated rings. The molecule has 0 saturated heterocycles. The average Bonchev–Trinajstić information content (AvgIpc) is 3.22. The number of allylic oxidation sites excluding steroid dienone is 7. The maximum atomic E-state index is 10.6. The second-order valence-corrected chi connectivity index (χ2v) is 18.1. The van der Waals surface area contributed by atoms with E-state index in [0.717, 1.165) is 57.8 Å². The Morgan fingerprint density at radius 1 is 0.689 bits per heavy atom. The minimum absolute atomic E-state index is 0.0286. The van der Waals surface area contributed by atoms with E-state index >= 15 is 0 Å². The number of aliphatic hydroxyl groups is 4. The van der Waals surface area contributed by atoms with Crippen LogP contribution in [0.25, 0.3) is 0 Å². The maximum Gasteiger partial charge on any atom is 0.302 e. The molecular weight excluding hydrogens is 765 g/mol. The fraction of sp³-hybridized carbons (Fsp3) is 0.774. The lowest BCUT2D eigenvalue weighted by Gasteiger charge is -2.18. The van der Waals surface area contributed by atoms with Gasteiger partial charge in [0.15, 0.2) is 0 Å². The van der Waals surface area contributed by atoms with Crippen molar-refractivity contribution in [2.45, 2.75) is 246 Å². The highest BCUT2D eigenvalue weighted by atomic mass is 16.5. The van der Waals surface area contributed by atoms with Gasteiger partial charge in [0.2, 0.25) is 0 Å². The van der Waals surface area contributed by atoms with Crippen molar-refractivity contribution >= 4 is 11.9 Å². The van der Waals surface area contributed by atoms with Crippen molar-refractivity contribution in [3.05, 3.63) is 48.1 Å². The van der Waals surface area contributed by atoms with Gasteiger partial charge < -0.3 is 29.9 Å². The number of terminal acetylenes is 1. The van der Waals surface area contributed by atoms with Gasteiger partial charge in [-0.2, -0.15) is 0 Å². The van der Waals surface area contributed by atoms with Crippen molar-refractivity contribution in [2.75, 3.05) is 13.2 Å². The molecule has 1 aliphatic rings. The van der Waals surface area contributed by atoms with Crippen LogP contribution < -0.4 is 0 Å². The van der Waals surface area contributed by atoms with Crippen LogP contribution in [-0.2, 0) is 19.1 Å². The van der Waals surface area contributed by atoms with Crippen molar-refractivity contribution in [3.63, 3.8) is 0 Å². The van der Waals surface area contributed by atoms with Gasteiger partial charge in [-0.05, 0) is 77.0 Å². The molecule has 0 bridgehead atoms. The monoisotopic (exact) mass is 859 g/mol. The molecule has 8 nitrogen and oxygen atoms in total. The molecular formula is C53H94O8. The summed E-state index contributed by atoms with van der Waals surface area (Å²) in [5, 5.41) is 38.8. The summed E-state index contributed by atoms with van der Waals surface area (Å²) < 4.78 is 9.42. The molecule has 0 heterocycles. The number of ether oxygens (including phenoxy) is 2. The third-order valence-corrected chi connectivity index (χ3v) is 10.9. The Kier molecular flexibility index (Phi) is 42.2. The second kappa shape index (κ2) is 42.6. The summed E-state index contributed by atoms with van der Waals surface area (Å²) in [6, 6.07) is 0. The highest BCUT2D eigenvalue weighted by Crippen LogP contribution is 2.26. The highest BCUT2D eigenvalue weighted by molar-refractivity contribution is 5.66.